The van der Waals surface area contributed by atoms with Crippen LogP contribution in [-0.4, -0.2) is 27.3 Å². The summed E-state index contributed by atoms with van der Waals surface area (Å²) in [6.45, 7) is 6.26. The maximum absolute atomic E-state index is 12.2. The van der Waals surface area contributed by atoms with Crippen LogP contribution in [0.5, 0.6) is 11.5 Å². The molecule has 0 heterocycles. The summed E-state index contributed by atoms with van der Waals surface area (Å²) in [6.07, 6.45) is 1.49. The quantitative estimate of drug-likeness (QED) is 0.578. The SMILES string of the molecule is CCOc1ccc(S(=O)(=O)N/N=C/c2cccc(OC(C)C)c2)cc1. The molecule has 0 radical (unpaired) electrons. The molecule has 0 saturated heterocycles. The lowest BCUT2D eigenvalue weighted by Crippen LogP contribution is -2.18. The summed E-state index contributed by atoms with van der Waals surface area (Å²) in [5.41, 5.74) is 0.729. The molecule has 0 aliphatic rings. The molecule has 2 aromatic rings. The third-order valence-electron chi connectivity index (χ3n) is 3.06. The van der Waals surface area contributed by atoms with Crippen LogP contribution in [-0.2, 0) is 10.0 Å². The first-order valence-electron chi connectivity index (χ1n) is 7.95. The Hall–Kier alpha value is -2.54. The predicted octanol–water partition coefficient (Wildman–Crippen LogP) is 3.18. The lowest BCUT2D eigenvalue weighted by molar-refractivity contribution is 0.242. The summed E-state index contributed by atoms with van der Waals surface area (Å²) in [6, 6.07) is 13.4. The lowest BCUT2D eigenvalue weighted by atomic mass is 10.2. The molecule has 1 N–H and O–H groups in total. The first-order valence-corrected chi connectivity index (χ1v) is 9.43. The monoisotopic (exact) mass is 362 g/mol. The topological polar surface area (TPSA) is 77.0 Å². The second-order valence-corrected chi connectivity index (χ2v) is 7.16. The van der Waals surface area contributed by atoms with Crippen molar-refractivity contribution in [3.63, 3.8) is 0 Å². The molecule has 0 aliphatic carbocycles. The van der Waals surface area contributed by atoms with Crippen molar-refractivity contribution in [2.75, 3.05) is 6.61 Å². The van der Waals surface area contributed by atoms with E-state index < -0.39 is 10.0 Å². The standard InChI is InChI=1S/C18H22N2O4S/c1-4-23-16-8-10-18(11-9-16)25(21,22)20-19-13-15-6-5-7-17(12-15)24-14(2)3/h5-14,20H,4H2,1-3H3/b19-13+. The second-order valence-electron chi connectivity index (χ2n) is 5.50. The van der Waals surface area contributed by atoms with E-state index in [9.17, 15) is 8.42 Å². The zero-order valence-electron chi connectivity index (χ0n) is 14.5. The molecule has 0 spiro atoms. The van der Waals surface area contributed by atoms with Gasteiger partial charge in [-0.15, -0.1) is 0 Å². The Balaban J connectivity index is 2.04. The molecule has 0 saturated carbocycles. The Morgan fingerprint density at radius 2 is 1.84 bits per heavy atom. The molecule has 2 aromatic carbocycles. The Bertz CT molecular complexity index is 815. The van der Waals surface area contributed by atoms with Gasteiger partial charge in [0.15, 0.2) is 0 Å². The van der Waals surface area contributed by atoms with E-state index in [2.05, 4.69) is 9.93 Å². The summed E-state index contributed by atoms with van der Waals surface area (Å²) in [7, 11) is -3.73. The average Bonchev–Trinajstić information content (AvgIpc) is 2.55. The van der Waals surface area contributed by atoms with E-state index in [1.54, 1.807) is 18.2 Å². The van der Waals surface area contributed by atoms with Crippen LogP contribution < -0.4 is 14.3 Å². The Morgan fingerprint density at radius 1 is 1.12 bits per heavy atom. The lowest BCUT2D eigenvalue weighted by Gasteiger charge is -2.09. The molecule has 2 rings (SSSR count). The highest BCUT2D eigenvalue weighted by atomic mass is 32.2. The molecule has 0 aliphatic heterocycles. The van der Waals surface area contributed by atoms with Gasteiger partial charge in [-0.05, 0) is 62.7 Å². The number of benzene rings is 2. The average molecular weight is 362 g/mol. The minimum absolute atomic E-state index is 0.0605. The van der Waals surface area contributed by atoms with Gasteiger partial charge in [0.25, 0.3) is 10.0 Å². The number of sulfonamides is 1. The van der Waals surface area contributed by atoms with Crippen molar-refractivity contribution >= 4 is 16.2 Å². The van der Waals surface area contributed by atoms with E-state index in [0.29, 0.717) is 18.1 Å². The molecule has 134 valence electrons. The van der Waals surface area contributed by atoms with Gasteiger partial charge in [-0.2, -0.15) is 13.5 Å². The van der Waals surface area contributed by atoms with Crippen LogP contribution in [0.4, 0.5) is 0 Å². The normalized spacial score (nSPS) is 11.7. The van der Waals surface area contributed by atoms with Crippen molar-refractivity contribution < 1.29 is 17.9 Å². The fraction of sp³-hybridized carbons (Fsp3) is 0.278. The van der Waals surface area contributed by atoms with E-state index in [4.69, 9.17) is 9.47 Å². The minimum atomic E-state index is -3.73. The van der Waals surface area contributed by atoms with E-state index in [1.165, 1.54) is 18.3 Å². The molecular weight excluding hydrogens is 340 g/mol. The highest BCUT2D eigenvalue weighted by Gasteiger charge is 2.12. The molecule has 0 atom stereocenters. The van der Waals surface area contributed by atoms with Gasteiger partial charge in [0.2, 0.25) is 0 Å². The van der Waals surface area contributed by atoms with Crippen molar-refractivity contribution in [1.82, 2.24) is 4.83 Å². The zero-order chi connectivity index (χ0) is 18.3. The van der Waals surface area contributed by atoms with Crippen LogP contribution in [0, 0.1) is 0 Å². The van der Waals surface area contributed by atoms with Crippen LogP contribution in [0.25, 0.3) is 0 Å². The molecule has 6 nitrogen and oxygen atoms in total. The van der Waals surface area contributed by atoms with E-state index in [1.807, 2.05) is 39.0 Å². The molecule has 0 amide bonds. The number of nitrogens with one attached hydrogen (secondary N) is 1. The summed E-state index contributed by atoms with van der Waals surface area (Å²) >= 11 is 0. The maximum Gasteiger partial charge on any atom is 0.276 e. The first kappa shape index (κ1) is 18.8. The second kappa shape index (κ2) is 8.53. The van der Waals surface area contributed by atoms with Crippen molar-refractivity contribution in [3.05, 3.63) is 54.1 Å². The summed E-state index contributed by atoms with van der Waals surface area (Å²) < 4.78 is 35.3. The van der Waals surface area contributed by atoms with Gasteiger partial charge >= 0.3 is 0 Å². The van der Waals surface area contributed by atoms with Gasteiger partial charge in [-0.3, -0.25) is 0 Å². The number of hydrazone groups is 1. The Kier molecular flexibility index (Phi) is 6.41. The van der Waals surface area contributed by atoms with Gasteiger partial charge < -0.3 is 9.47 Å². The van der Waals surface area contributed by atoms with Gasteiger partial charge in [0.05, 0.1) is 23.8 Å². The largest absolute Gasteiger partial charge is 0.494 e. The van der Waals surface area contributed by atoms with Crippen molar-refractivity contribution in [1.29, 1.82) is 0 Å². The molecule has 0 bridgehead atoms. The van der Waals surface area contributed by atoms with E-state index in [0.717, 1.165) is 5.56 Å². The van der Waals surface area contributed by atoms with Gasteiger partial charge in [0.1, 0.15) is 11.5 Å². The van der Waals surface area contributed by atoms with Crippen LogP contribution in [0.15, 0.2) is 58.5 Å². The zero-order valence-corrected chi connectivity index (χ0v) is 15.3. The molecule has 7 heteroatoms. The molecule has 0 unspecified atom stereocenters. The molecular formula is C18H22N2O4S. The highest BCUT2D eigenvalue weighted by Crippen LogP contribution is 2.16. The Labute approximate surface area is 148 Å². The van der Waals surface area contributed by atoms with Gasteiger partial charge in [-0.1, -0.05) is 12.1 Å². The van der Waals surface area contributed by atoms with Crippen molar-refractivity contribution in [3.8, 4) is 11.5 Å². The van der Waals surface area contributed by atoms with Crippen molar-refractivity contribution in [2.45, 2.75) is 31.8 Å². The summed E-state index contributed by atoms with van der Waals surface area (Å²) in [4.78, 5) is 2.31. The number of ether oxygens (including phenoxy) is 2. The minimum Gasteiger partial charge on any atom is -0.494 e. The smallest absolute Gasteiger partial charge is 0.276 e. The third kappa shape index (κ3) is 5.79. The van der Waals surface area contributed by atoms with E-state index >= 15 is 0 Å². The number of rotatable bonds is 8. The third-order valence-corrected chi connectivity index (χ3v) is 4.30. The van der Waals surface area contributed by atoms with Crippen LogP contribution >= 0.6 is 0 Å². The fourth-order valence-corrected chi connectivity index (χ4v) is 2.84. The van der Waals surface area contributed by atoms with Gasteiger partial charge in [0, 0.05) is 0 Å². The van der Waals surface area contributed by atoms with Crippen LogP contribution in [0.3, 0.4) is 0 Å². The van der Waals surface area contributed by atoms with Crippen LogP contribution in [0.1, 0.15) is 26.3 Å². The van der Waals surface area contributed by atoms with Crippen LogP contribution in [0.2, 0.25) is 0 Å². The fourth-order valence-electron chi connectivity index (χ4n) is 2.04. The molecule has 25 heavy (non-hydrogen) atoms. The van der Waals surface area contributed by atoms with Gasteiger partial charge in [-0.25, -0.2) is 4.83 Å². The maximum atomic E-state index is 12.2. The molecule has 0 aromatic heterocycles. The highest BCUT2D eigenvalue weighted by molar-refractivity contribution is 7.89. The number of nitrogens with zero attached hydrogens (tertiary/aromatic N) is 1. The molecule has 0 fully saturated rings. The van der Waals surface area contributed by atoms with E-state index in [-0.39, 0.29) is 11.0 Å². The number of hydrogen-bond acceptors (Lipinski definition) is 5. The Morgan fingerprint density at radius 3 is 2.48 bits per heavy atom. The summed E-state index contributed by atoms with van der Waals surface area (Å²) in [5.74, 6) is 1.32. The summed E-state index contributed by atoms with van der Waals surface area (Å²) in [5, 5.41) is 3.82. The first-order chi connectivity index (χ1) is 11.9. The number of hydrogen-bond donors (Lipinski definition) is 1. The van der Waals surface area contributed by atoms with Crippen molar-refractivity contribution in [2.24, 2.45) is 5.10 Å². The predicted molar refractivity (Wildman–Crippen MR) is 97.7 cm³/mol.